The molecule has 2 aromatic rings. The molecule has 2 rings (SSSR count). The number of nitrogens with one attached hydrogen (secondary N) is 1. The van der Waals surface area contributed by atoms with Crippen molar-refractivity contribution in [3.8, 4) is 0 Å². The van der Waals surface area contributed by atoms with E-state index < -0.39 is 5.97 Å². The predicted molar refractivity (Wildman–Crippen MR) is 73.7 cm³/mol. The van der Waals surface area contributed by atoms with Crippen molar-refractivity contribution in [2.24, 2.45) is 0 Å². The van der Waals surface area contributed by atoms with E-state index in [1.54, 1.807) is 16.7 Å². The number of benzene rings is 1. The highest BCUT2D eigenvalue weighted by Gasteiger charge is 2.10. The number of unbranched alkanes of at least 4 members (excludes halogenated alkanes) is 3. The summed E-state index contributed by atoms with van der Waals surface area (Å²) in [6.07, 6.45) is 4.30. The van der Waals surface area contributed by atoms with Crippen LogP contribution in [0, 0.1) is 0 Å². The van der Waals surface area contributed by atoms with E-state index in [9.17, 15) is 9.59 Å². The van der Waals surface area contributed by atoms with Crippen LogP contribution in [0.2, 0.25) is 0 Å². The van der Waals surface area contributed by atoms with Gasteiger partial charge in [-0.3, -0.25) is 4.57 Å². The van der Waals surface area contributed by atoms with Crippen molar-refractivity contribution in [1.29, 1.82) is 0 Å². The highest BCUT2D eigenvalue weighted by molar-refractivity contribution is 5.92. The summed E-state index contributed by atoms with van der Waals surface area (Å²) < 4.78 is 1.62. The third kappa shape index (κ3) is 2.86. The Morgan fingerprint density at radius 1 is 1.32 bits per heavy atom. The number of imidazole rings is 1. The van der Waals surface area contributed by atoms with Crippen LogP contribution in [-0.4, -0.2) is 20.6 Å². The average molecular weight is 262 g/mol. The van der Waals surface area contributed by atoms with E-state index in [0.29, 0.717) is 17.6 Å². The zero-order valence-corrected chi connectivity index (χ0v) is 11.0. The van der Waals surface area contributed by atoms with Crippen LogP contribution in [-0.2, 0) is 6.54 Å². The molecular weight excluding hydrogens is 244 g/mol. The lowest BCUT2D eigenvalue weighted by Crippen LogP contribution is -2.16. The zero-order chi connectivity index (χ0) is 13.8. The van der Waals surface area contributed by atoms with Crippen molar-refractivity contribution in [3.63, 3.8) is 0 Å². The smallest absolute Gasteiger partial charge is 0.335 e. The molecule has 0 aliphatic heterocycles. The summed E-state index contributed by atoms with van der Waals surface area (Å²) in [7, 11) is 0. The van der Waals surface area contributed by atoms with Crippen molar-refractivity contribution in [2.45, 2.75) is 39.2 Å². The molecule has 102 valence electrons. The summed E-state index contributed by atoms with van der Waals surface area (Å²) >= 11 is 0. The maximum Gasteiger partial charge on any atom is 0.335 e. The number of carboxylic acid groups (broad SMARTS) is 1. The molecule has 5 nitrogen and oxygen atoms in total. The van der Waals surface area contributed by atoms with E-state index in [4.69, 9.17) is 5.11 Å². The highest BCUT2D eigenvalue weighted by atomic mass is 16.4. The average Bonchev–Trinajstić information content (AvgIpc) is 2.70. The molecule has 0 spiro atoms. The normalized spacial score (nSPS) is 11.0. The van der Waals surface area contributed by atoms with E-state index in [2.05, 4.69) is 11.9 Å². The number of carboxylic acids is 1. The molecule has 0 saturated heterocycles. The minimum atomic E-state index is -0.979. The molecule has 19 heavy (non-hydrogen) atoms. The Kier molecular flexibility index (Phi) is 4.04. The van der Waals surface area contributed by atoms with Gasteiger partial charge in [-0.05, 0) is 24.6 Å². The minimum Gasteiger partial charge on any atom is -0.478 e. The lowest BCUT2D eigenvalue weighted by atomic mass is 10.2. The number of hydrogen-bond acceptors (Lipinski definition) is 2. The number of hydrogen-bond donors (Lipinski definition) is 2. The first-order valence-electron chi connectivity index (χ1n) is 6.59. The van der Waals surface area contributed by atoms with Crippen molar-refractivity contribution in [1.82, 2.24) is 9.55 Å². The number of aromatic nitrogens is 2. The first kappa shape index (κ1) is 13.4. The van der Waals surface area contributed by atoms with Gasteiger partial charge in [-0.15, -0.1) is 0 Å². The van der Waals surface area contributed by atoms with Crippen LogP contribution in [0.25, 0.3) is 11.0 Å². The predicted octanol–water partition coefficient (Wildman–Crippen LogP) is 2.61. The molecule has 0 fully saturated rings. The Hall–Kier alpha value is -2.04. The van der Waals surface area contributed by atoms with Crippen LogP contribution in [0.4, 0.5) is 0 Å². The molecule has 0 amide bonds. The second kappa shape index (κ2) is 5.73. The summed E-state index contributed by atoms with van der Waals surface area (Å²) in [4.78, 5) is 25.6. The van der Waals surface area contributed by atoms with Gasteiger partial charge in [0.25, 0.3) is 0 Å². The molecule has 0 aliphatic carbocycles. The Labute approximate surface area is 110 Å². The van der Waals surface area contributed by atoms with Crippen molar-refractivity contribution >= 4 is 17.0 Å². The highest BCUT2D eigenvalue weighted by Crippen LogP contribution is 2.14. The molecule has 1 aromatic carbocycles. The first-order chi connectivity index (χ1) is 9.13. The van der Waals surface area contributed by atoms with Crippen molar-refractivity contribution in [3.05, 3.63) is 34.2 Å². The fourth-order valence-electron chi connectivity index (χ4n) is 2.20. The third-order valence-corrected chi connectivity index (χ3v) is 3.26. The van der Waals surface area contributed by atoms with Crippen LogP contribution < -0.4 is 5.69 Å². The standard InChI is InChI=1S/C14H18N2O3/c1-2-3-4-5-8-16-12-9-10(13(17)18)6-7-11(12)15-14(16)19/h6-7,9H,2-5,8H2,1H3,(H,15,19)(H,17,18). The Balaban J connectivity index is 2.30. The monoisotopic (exact) mass is 262 g/mol. The molecule has 5 heteroatoms. The molecule has 0 atom stereocenters. The molecule has 0 radical (unpaired) electrons. The number of aromatic carboxylic acids is 1. The molecule has 1 aromatic heterocycles. The number of aromatic amines is 1. The summed E-state index contributed by atoms with van der Waals surface area (Å²) in [6, 6.07) is 4.69. The maximum absolute atomic E-state index is 11.8. The molecule has 0 aliphatic rings. The first-order valence-corrected chi connectivity index (χ1v) is 6.59. The summed E-state index contributed by atoms with van der Waals surface area (Å²) in [5, 5.41) is 8.99. The van der Waals surface area contributed by atoms with Gasteiger partial charge in [-0.2, -0.15) is 0 Å². The summed E-state index contributed by atoms with van der Waals surface area (Å²) in [5.41, 5.74) is 1.38. The van der Waals surface area contributed by atoms with Gasteiger partial charge in [0, 0.05) is 6.54 Å². The van der Waals surface area contributed by atoms with Gasteiger partial charge in [0.2, 0.25) is 0 Å². The lowest BCUT2D eigenvalue weighted by molar-refractivity contribution is 0.0697. The van der Waals surface area contributed by atoms with E-state index in [1.807, 2.05) is 0 Å². The van der Waals surface area contributed by atoms with Gasteiger partial charge in [0.1, 0.15) is 0 Å². The van der Waals surface area contributed by atoms with Crippen LogP contribution in [0.1, 0.15) is 43.0 Å². The molecule has 0 unspecified atom stereocenters. The lowest BCUT2D eigenvalue weighted by Gasteiger charge is -2.03. The van der Waals surface area contributed by atoms with Crippen LogP contribution >= 0.6 is 0 Å². The zero-order valence-electron chi connectivity index (χ0n) is 11.0. The van der Waals surface area contributed by atoms with Gasteiger partial charge in [0.05, 0.1) is 16.6 Å². The van der Waals surface area contributed by atoms with E-state index in [1.165, 1.54) is 6.07 Å². The number of H-pyrrole nitrogens is 1. The quantitative estimate of drug-likeness (QED) is 0.786. The number of carbonyl (C=O) groups is 1. The van der Waals surface area contributed by atoms with Crippen LogP contribution in [0.3, 0.4) is 0 Å². The second-order valence-electron chi connectivity index (χ2n) is 4.68. The number of aryl methyl sites for hydroxylation is 1. The maximum atomic E-state index is 11.8. The number of fused-ring (bicyclic) bond motifs is 1. The Bertz CT molecular complexity index is 640. The summed E-state index contributed by atoms with van der Waals surface area (Å²) in [6.45, 7) is 2.76. The van der Waals surface area contributed by atoms with E-state index in [0.717, 1.165) is 25.7 Å². The molecule has 1 heterocycles. The minimum absolute atomic E-state index is 0.172. The Morgan fingerprint density at radius 2 is 2.11 bits per heavy atom. The SMILES string of the molecule is CCCCCCn1c(=O)[nH]c2ccc(C(=O)O)cc21. The van der Waals surface area contributed by atoms with Gasteiger partial charge in [-0.1, -0.05) is 26.2 Å². The topological polar surface area (TPSA) is 75.1 Å². The van der Waals surface area contributed by atoms with Gasteiger partial charge in [-0.25, -0.2) is 9.59 Å². The largest absolute Gasteiger partial charge is 0.478 e. The molecule has 2 N–H and O–H groups in total. The fraction of sp³-hybridized carbons (Fsp3) is 0.429. The third-order valence-electron chi connectivity index (χ3n) is 3.26. The van der Waals surface area contributed by atoms with Crippen LogP contribution in [0.5, 0.6) is 0 Å². The van der Waals surface area contributed by atoms with Crippen molar-refractivity contribution in [2.75, 3.05) is 0 Å². The van der Waals surface area contributed by atoms with Crippen LogP contribution in [0.15, 0.2) is 23.0 Å². The van der Waals surface area contributed by atoms with Crippen molar-refractivity contribution < 1.29 is 9.90 Å². The van der Waals surface area contributed by atoms with E-state index >= 15 is 0 Å². The van der Waals surface area contributed by atoms with Gasteiger partial charge < -0.3 is 10.1 Å². The van der Waals surface area contributed by atoms with Gasteiger partial charge in [0.15, 0.2) is 0 Å². The number of nitrogens with zero attached hydrogens (tertiary/aromatic N) is 1. The van der Waals surface area contributed by atoms with Gasteiger partial charge >= 0.3 is 11.7 Å². The molecule has 0 bridgehead atoms. The Morgan fingerprint density at radius 3 is 2.79 bits per heavy atom. The number of rotatable bonds is 6. The summed E-state index contributed by atoms with van der Waals surface area (Å²) in [5.74, 6) is -0.979. The fourth-order valence-corrected chi connectivity index (χ4v) is 2.20. The molecular formula is C14H18N2O3. The molecule has 0 saturated carbocycles. The second-order valence-corrected chi connectivity index (χ2v) is 4.68. The van der Waals surface area contributed by atoms with E-state index in [-0.39, 0.29) is 11.3 Å².